The zero-order valence-electron chi connectivity index (χ0n) is 35.4. The van der Waals surface area contributed by atoms with Crippen molar-refractivity contribution in [3.63, 3.8) is 0 Å². The molecule has 0 amide bonds. The Bertz CT molecular complexity index is 901. The second kappa shape index (κ2) is 32.2. The Labute approximate surface area is 334 Å². The average molecular weight is 841 g/mol. The van der Waals surface area contributed by atoms with Crippen LogP contribution in [0, 0.1) is 0 Å². The van der Waals surface area contributed by atoms with Crippen LogP contribution >= 0.6 is 0 Å². The predicted molar refractivity (Wildman–Crippen MR) is 225 cm³/mol. The third-order valence-electron chi connectivity index (χ3n) is 9.71. The fraction of sp³-hybridized carbons (Fsp3) is 0.833. The smallest absolute Gasteiger partial charge is 0.424 e. The Kier molecular flexibility index (Phi) is 30.5. The van der Waals surface area contributed by atoms with Gasteiger partial charge in [-0.25, -0.2) is 0 Å². The Morgan fingerprint density at radius 2 is 0.778 bits per heavy atom. The second-order valence-corrected chi connectivity index (χ2v) is 22.2. The molecule has 0 atom stereocenters. The quantitative estimate of drug-likeness (QED) is 0.0531. The normalized spacial score (nSPS) is 12.8. The predicted octanol–water partition coefficient (Wildman–Crippen LogP) is 4.45. The van der Waals surface area contributed by atoms with Crippen LogP contribution in [0.15, 0.2) is 24.3 Å². The van der Waals surface area contributed by atoms with Gasteiger partial charge in [0.15, 0.2) is 32.1 Å². The van der Waals surface area contributed by atoms with E-state index in [1.165, 1.54) is 11.4 Å². The number of ether oxygens (including phenoxy) is 4. The van der Waals surface area contributed by atoms with Gasteiger partial charge in [-0.3, -0.25) is 0 Å². The van der Waals surface area contributed by atoms with E-state index in [2.05, 4.69) is 34.1 Å². The lowest BCUT2D eigenvalue weighted by Crippen LogP contribution is -2.43. The fourth-order valence-corrected chi connectivity index (χ4v) is 11.8. The van der Waals surface area contributed by atoms with E-state index in [9.17, 15) is 0 Å². The average Bonchev–Trinajstić information content (AvgIpc) is 3.22. The summed E-state index contributed by atoms with van der Waals surface area (Å²) in [5, 5.41) is 0. The lowest BCUT2D eigenvalue weighted by atomic mass is 10.2. The van der Waals surface area contributed by atoms with E-state index in [1.54, 1.807) is 71.1 Å². The van der Waals surface area contributed by atoms with Gasteiger partial charge < -0.3 is 64.2 Å². The molecule has 0 aliphatic heterocycles. The number of hydrogen-bond acceptors (Lipinski definition) is 14. The lowest BCUT2D eigenvalue weighted by Gasteiger charge is -2.30. The summed E-state index contributed by atoms with van der Waals surface area (Å²) in [7, 11) is 10.3. The highest BCUT2D eigenvalue weighted by atomic mass is 28.4. The van der Waals surface area contributed by atoms with Crippen LogP contribution in [0.4, 0.5) is 11.4 Å². The summed E-state index contributed by atoms with van der Waals surface area (Å²) in [5.74, 6) is 0. The number of nitrogens with zero attached hydrogens (tertiary/aromatic N) is 2. The molecule has 1 aromatic carbocycles. The molecule has 0 saturated heterocycles. The summed E-state index contributed by atoms with van der Waals surface area (Å²) in [4.78, 5) is 4.95. The molecule has 0 bridgehead atoms. The molecule has 1 aromatic rings. The van der Waals surface area contributed by atoms with Crippen LogP contribution in [0.3, 0.4) is 0 Å². The molecule has 18 heteroatoms. The zero-order valence-corrected chi connectivity index (χ0v) is 40.2. The second-order valence-electron chi connectivity index (χ2n) is 13.0. The van der Waals surface area contributed by atoms with E-state index >= 15 is 0 Å². The molecule has 0 fully saturated rings. The Morgan fingerprint density at radius 3 is 1.07 bits per heavy atom. The minimum absolute atomic E-state index is 0.158. The highest BCUT2D eigenvalue weighted by Crippen LogP contribution is 2.25. The highest BCUT2D eigenvalue weighted by molar-refractivity contribution is 6.60. The van der Waals surface area contributed by atoms with Crippen molar-refractivity contribution in [3.05, 3.63) is 24.3 Å². The van der Waals surface area contributed by atoms with E-state index in [0.29, 0.717) is 0 Å². The monoisotopic (exact) mass is 840 g/mol. The molecule has 0 aliphatic carbocycles. The Hall–Kier alpha value is -0.792. The summed E-state index contributed by atoms with van der Waals surface area (Å²) < 4.78 is 67.5. The van der Waals surface area contributed by atoms with E-state index in [1.807, 2.05) is 0 Å². The number of hydrogen-bond donors (Lipinski definition) is 0. The van der Waals surface area contributed by atoms with Crippen LogP contribution < -0.4 is 9.80 Å². The standard InChI is InChI=1S/C36H76N2O12Si4/c1-39-35(40-2)17-11-27-49-51-29-13-23-37(25-15-31-53(43-5,44-6)45-7)33-19-21-34(22-20-33)38(26-16-32-54(46-8,47-9)48-10)24-14-30-52-50-28-12-18-36(41-3)42-4/h19-22,35-36H,11-18,23-32,51-52H2,1-10H3. The van der Waals surface area contributed by atoms with Crippen LogP contribution in [0.1, 0.15) is 51.4 Å². The van der Waals surface area contributed by atoms with Crippen molar-refractivity contribution in [2.75, 3.05) is 120 Å². The molecule has 0 aliphatic rings. The molecule has 0 unspecified atom stereocenters. The maximum absolute atomic E-state index is 6.05. The summed E-state index contributed by atoms with van der Waals surface area (Å²) in [5.41, 5.74) is 2.42. The van der Waals surface area contributed by atoms with Crippen molar-refractivity contribution in [1.82, 2.24) is 0 Å². The molecule has 14 nitrogen and oxygen atoms in total. The molecule has 1 rings (SSSR count). The highest BCUT2D eigenvalue weighted by Gasteiger charge is 2.38. The molecule has 54 heavy (non-hydrogen) atoms. The Balaban J connectivity index is 2.93. The maximum Gasteiger partial charge on any atom is 0.500 e. The first kappa shape index (κ1) is 51.2. The van der Waals surface area contributed by atoms with E-state index < -0.39 is 37.1 Å². The van der Waals surface area contributed by atoms with Gasteiger partial charge in [0.05, 0.1) is 0 Å². The van der Waals surface area contributed by atoms with Gasteiger partial charge in [-0.05, 0) is 74.9 Å². The van der Waals surface area contributed by atoms with Crippen LogP contribution in [-0.2, 0) is 54.4 Å². The van der Waals surface area contributed by atoms with Crippen LogP contribution in [0.5, 0.6) is 0 Å². The molecule has 0 N–H and O–H groups in total. The van der Waals surface area contributed by atoms with Crippen LogP contribution in [0.2, 0.25) is 24.2 Å². The first-order chi connectivity index (χ1) is 26.3. The first-order valence-corrected chi connectivity index (χ1v) is 26.5. The topological polar surface area (TPSA) is 117 Å². The molecule has 0 aromatic heterocycles. The SMILES string of the molecule is COC(CCCO[SiH2]CCCN(CCC[Si](OC)(OC)OC)c1ccc(N(CCC[SiH2]OCCCC(OC)OC)CCC[Si](OC)(OC)OC)cc1)OC. The molecule has 318 valence electrons. The zero-order chi connectivity index (χ0) is 39.9. The van der Waals surface area contributed by atoms with Gasteiger partial charge in [0.1, 0.15) is 0 Å². The molecule has 0 radical (unpaired) electrons. The van der Waals surface area contributed by atoms with Gasteiger partial charge >= 0.3 is 17.6 Å². The van der Waals surface area contributed by atoms with Gasteiger partial charge in [-0.15, -0.1) is 0 Å². The van der Waals surface area contributed by atoms with Crippen molar-refractivity contribution < 1.29 is 54.4 Å². The fourth-order valence-electron chi connectivity index (χ4n) is 6.29. The van der Waals surface area contributed by atoms with Gasteiger partial charge in [-0.2, -0.15) is 0 Å². The molecular formula is C36H76N2O12Si4. The largest absolute Gasteiger partial charge is 0.500 e. The van der Waals surface area contributed by atoms with Crippen molar-refractivity contribution in [2.24, 2.45) is 0 Å². The van der Waals surface area contributed by atoms with Gasteiger partial charge in [0.2, 0.25) is 0 Å². The van der Waals surface area contributed by atoms with Crippen LogP contribution in [-0.4, -0.2) is 160 Å². The third kappa shape index (κ3) is 20.6. The van der Waals surface area contributed by atoms with Gasteiger partial charge in [0.25, 0.3) is 0 Å². The van der Waals surface area contributed by atoms with E-state index in [4.69, 9.17) is 54.4 Å². The molecule has 0 spiro atoms. The van der Waals surface area contributed by atoms with Crippen molar-refractivity contribution in [1.29, 1.82) is 0 Å². The van der Waals surface area contributed by atoms with E-state index in [-0.39, 0.29) is 12.6 Å². The van der Waals surface area contributed by atoms with Gasteiger partial charge in [-0.1, -0.05) is 0 Å². The maximum atomic E-state index is 6.05. The Morgan fingerprint density at radius 1 is 0.463 bits per heavy atom. The summed E-state index contributed by atoms with van der Waals surface area (Å²) in [6.07, 6.45) is 7.21. The number of methoxy groups -OCH3 is 4. The number of anilines is 2. The van der Waals surface area contributed by atoms with E-state index in [0.717, 1.165) is 115 Å². The third-order valence-corrected chi connectivity index (χ3v) is 18.1. The minimum Gasteiger partial charge on any atom is -0.424 e. The number of rotatable bonds is 38. The molecule has 0 saturated carbocycles. The summed E-state index contributed by atoms with van der Waals surface area (Å²) in [6.45, 7) is 5.20. The molecular weight excluding hydrogens is 765 g/mol. The van der Waals surface area contributed by atoms with Crippen molar-refractivity contribution >= 4 is 48.5 Å². The van der Waals surface area contributed by atoms with Crippen molar-refractivity contribution in [2.45, 2.75) is 88.1 Å². The molecule has 0 heterocycles. The first-order valence-electron chi connectivity index (χ1n) is 19.5. The van der Waals surface area contributed by atoms with Gasteiger partial charge in [0, 0.05) is 147 Å². The van der Waals surface area contributed by atoms with Crippen molar-refractivity contribution in [3.8, 4) is 0 Å². The number of benzene rings is 1. The van der Waals surface area contributed by atoms with Crippen LogP contribution in [0.25, 0.3) is 0 Å². The lowest BCUT2D eigenvalue weighted by molar-refractivity contribution is -0.108. The summed E-state index contributed by atoms with van der Waals surface area (Å²) >= 11 is 0. The minimum atomic E-state index is -2.65. The summed E-state index contributed by atoms with van der Waals surface area (Å²) in [6, 6.07) is 12.8.